The molecule has 0 fully saturated rings. The van der Waals surface area contributed by atoms with Crippen molar-refractivity contribution in [3.05, 3.63) is 64.2 Å². The van der Waals surface area contributed by atoms with E-state index in [1.54, 1.807) is 19.1 Å². The largest absolute Gasteiger partial charge is 0.357 e. The lowest BCUT2D eigenvalue weighted by molar-refractivity contribution is -0.140. The molecule has 0 unspecified atom stereocenters. The van der Waals surface area contributed by atoms with Crippen LogP contribution in [0, 0.1) is 13.8 Å². The molecule has 2 rings (SSSR count). The Morgan fingerprint density at radius 1 is 1.09 bits per heavy atom. The summed E-state index contributed by atoms with van der Waals surface area (Å²) in [5.41, 5.74) is 2.94. The minimum absolute atomic E-state index is 0.184. The highest BCUT2D eigenvalue weighted by Crippen LogP contribution is 2.25. The minimum Gasteiger partial charge on any atom is -0.357 e. The van der Waals surface area contributed by atoms with Gasteiger partial charge in [0.1, 0.15) is 12.6 Å². The number of nitrogens with one attached hydrogen (secondary N) is 1. The first-order valence-electron chi connectivity index (χ1n) is 10.3. The number of anilines is 1. The average molecular weight is 480 g/mol. The molecule has 9 heteroatoms. The molecule has 174 valence electrons. The molecule has 0 heterocycles. The standard InChI is InChI=1S/C23H30ClN3O4S/c1-6-21(23(29)25-4)26(14-18-10-8-7-9-16(18)2)22(28)15-27(32(5,30)31)19-12-11-17(3)20(24)13-19/h7-13,21H,6,14-15H2,1-5H3,(H,25,29)/t21-/m1/s1. The van der Waals surface area contributed by atoms with Gasteiger partial charge in [0, 0.05) is 18.6 Å². The zero-order valence-electron chi connectivity index (χ0n) is 19.1. The molecular formula is C23H30ClN3O4S. The van der Waals surface area contributed by atoms with Crippen LogP contribution in [-0.2, 0) is 26.2 Å². The van der Waals surface area contributed by atoms with Gasteiger partial charge >= 0.3 is 0 Å². The Morgan fingerprint density at radius 2 is 1.75 bits per heavy atom. The van der Waals surface area contributed by atoms with Gasteiger partial charge in [0.25, 0.3) is 0 Å². The molecule has 2 aromatic rings. The van der Waals surface area contributed by atoms with E-state index in [1.807, 2.05) is 38.1 Å². The molecule has 32 heavy (non-hydrogen) atoms. The van der Waals surface area contributed by atoms with Crippen molar-refractivity contribution in [1.82, 2.24) is 10.2 Å². The highest BCUT2D eigenvalue weighted by molar-refractivity contribution is 7.92. The van der Waals surface area contributed by atoms with Crippen molar-refractivity contribution < 1.29 is 18.0 Å². The lowest BCUT2D eigenvalue weighted by Crippen LogP contribution is -2.51. The first-order chi connectivity index (χ1) is 15.0. The first kappa shape index (κ1) is 25.7. The van der Waals surface area contributed by atoms with E-state index in [0.717, 1.165) is 27.3 Å². The Labute approximate surface area is 195 Å². The molecule has 0 saturated carbocycles. The van der Waals surface area contributed by atoms with Crippen LogP contribution in [-0.4, -0.2) is 51.0 Å². The van der Waals surface area contributed by atoms with Crippen molar-refractivity contribution >= 4 is 39.1 Å². The number of nitrogens with zero attached hydrogens (tertiary/aromatic N) is 2. The molecule has 1 atom stereocenters. The van der Waals surface area contributed by atoms with Gasteiger partial charge in [-0.3, -0.25) is 13.9 Å². The Bertz CT molecular complexity index is 1090. The van der Waals surface area contributed by atoms with E-state index in [0.29, 0.717) is 17.1 Å². The number of likely N-dealkylation sites (N-methyl/N-ethyl adjacent to an activating group) is 1. The SMILES string of the molecule is CC[C@H](C(=O)NC)N(Cc1ccccc1C)C(=O)CN(c1ccc(C)c(Cl)c1)S(C)(=O)=O. The summed E-state index contributed by atoms with van der Waals surface area (Å²) < 4.78 is 26.1. The van der Waals surface area contributed by atoms with Gasteiger partial charge in [0.05, 0.1) is 11.9 Å². The fourth-order valence-corrected chi connectivity index (χ4v) is 4.42. The van der Waals surface area contributed by atoms with Crippen LogP contribution >= 0.6 is 11.6 Å². The van der Waals surface area contributed by atoms with E-state index in [2.05, 4.69) is 5.32 Å². The minimum atomic E-state index is -3.79. The fraction of sp³-hybridized carbons (Fsp3) is 0.391. The molecule has 0 saturated heterocycles. The second-order valence-corrected chi connectivity index (χ2v) is 10.0. The third-order valence-corrected chi connectivity index (χ3v) is 6.90. The monoisotopic (exact) mass is 479 g/mol. The van der Waals surface area contributed by atoms with Gasteiger partial charge in [-0.25, -0.2) is 8.42 Å². The van der Waals surface area contributed by atoms with E-state index in [-0.39, 0.29) is 12.5 Å². The van der Waals surface area contributed by atoms with Crippen molar-refractivity contribution in [3.63, 3.8) is 0 Å². The quantitative estimate of drug-likeness (QED) is 0.598. The molecule has 0 radical (unpaired) electrons. The summed E-state index contributed by atoms with van der Waals surface area (Å²) in [6.45, 7) is 5.28. The molecule has 2 aromatic carbocycles. The highest BCUT2D eigenvalue weighted by atomic mass is 35.5. The van der Waals surface area contributed by atoms with Crippen molar-refractivity contribution in [3.8, 4) is 0 Å². The summed E-state index contributed by atoms with van der Waals surface area (Å²) in [5.74, 6) is -0.787. The van der Waals surface area contributed by atoms with Gasteiger partial charge in [-0.1, -0.05) is 48.9 Å². The lowest BCUT2D eigenvalue weighted by Gasteiger charge is -2.33. The summed E-state index contributed by atoms with van der Waals surface area (Å²) in [4.78, 5) is 27.5. The van der Waals surface area contributed by atoms with E-state index in [4.69, 9.17) is 11.6 Å². The lowest BCUT2D eigenvalue weighted by atomic mass is 10.1. The van der Waals surface area contributed by atoms with Crippen molar-refractivity contribution in [2.45, 2.75) is 39.8 Å². The van der Waals surface area contributed by atoms with E-state index in [9.17, 15) is 18.0 Å². The van der Waals surface area contributed by atoms with Crippen molar-refractivity contribution in [1.29, 1.82) is 0 Å². The molecule has 0 aliphatic carbocycles. The zero-order chi connectivity index (χ0) is 24.1. The van der Waals surface area contributed by atoms with Crippen LogP contribution in [0.5, 0.6) is 0 Å². The smallest absolute Gasteiger partial charge is 0.244 e. The van der Waals surface area contributed by atoms with Crippen LogP contribution in [0.15, 0.2) is 42.5 Å². The molecule has 1 N–H and O–H groups in total. The maximum Gasteiger partial charge on any atom is 0.244 e. The molecule has 0 bridgehead atoms. The number of carbonyl (C=O) groups is 2. The van der Waals surface area contributed by atoms with E-state index >= 15 is 0 Å². The van der Waals surface area contributed by atoms with Gasteiger partial charge < -0.3 is 10.2 Å². The maximum atomic E-state index is 13.5. The molecule has 0 aliphatic rings. The number of hydrogen-bond donors (Lipinski definition) is 1. The predicted molar refractivity (Wildman–Crippen MR) is 128 cm³/mol. The molecule has 0 aromatic heterocycles. The van der Waals surface area contributed by atoms with Gasteiger partial charge in [-0.05, 0) is 49.1 Å². The number of hydrogen-bond acceptors (Lipinski definition) is 4. The van der Waals surface area contributed by atoms with E-state index in [1.165, 1.54) is 18.0 Å². The molecule has 0 aliphatic heterocycles. The number of aryl methyl sites for hydroxylation is 2. The second-order valence-electron chi connectivity index (χ2n) is 7.69. The van der Waals surface area contributed by atoms with Crippen LogP contribution in [0.1, 0.15) is 30.0 Å². The number of halogens is 1. The summed E-state index contributed by atoms with van der Waals surface area (Å²) in [7, 11) is -2.28. The van der Waals surface area contributed by atoms with Crippen LogP contribution < -0.4 is 9.62 Å². The predicted octanol–water partition coefficient (Wildman–Crippen LogP) is 3.28. The Kier molecular flexibility index (Phi) is 8.69. The van der Waals surface area contributed by atoms with Crippen LogP contribution in [0.4, 0.5) is 5.69 Å². The van der Waals surface area contributed by atoms with Gasteiger partial charge in [0.15, 0.2) is 0 Å². The normalized spacial score (nSPS) is 12.2. The molecule has 0 spiro atoms. The number of benzene rings is 2. The Balaban J connectivity index is 2.46. The van der Waals surface area contributed by atoms with Gasteiger partial charge in [-0.2, -0.15) is 0 Å². The third kappa shape index (κ3) is 6.23. The Morgan fingerprint density at radius 3 is 2.28 bits per heavy atom. The summed E-state index contributed by atoms with van der Waals surface area (Å²) in [5, 5.41) is 3.00. The highest BCUT2D eigenvalue weighted by Gasteiger charge is 2.31. The second kappa shape index (κ2) is 10.8. The topological polar surface area (TPSA) is 86.8 Å². The zero-order valence-corrected chi connectivity index (χ0v) is 20.6. The number of rotatable bonds is 9. The molecule has 2 amide bonds. The van der Waals surface area contributed by atoms with E-state index < -0.39 is 28.5 Å². The summed E-state index contributed by atoms with van der Waals surface area (Å²) >= 11 is 6.20. The summed E-state index contributed by atoms with van der Waals surface area (Å²) in [6, 6.07) is 11.7. The molecular weight excluding hydrogens is 450 g/mol. The van der Waals surface area contributed by atoms with Crippen molar-refractivity contribution in [2.24, 2.45) is 0 Å². The van der Waals surface area contributed by atoms with Crippen molar-refractivity contribution in [2.75, 3.05) is 24.2 Å². The first-order valence-corrected chi connectivity index (χ1v) is 12.5. The average Bonchev–Trinajstić information content (AvgIpc) is 2.74. The fourth-order valence-electron chi connectivity index (χ4n) is 3.41. The van der Waals surface area contributed by atoms with Gasteiger partial charge in [-0.15, -0.1) is 0 Å². The number of amides is 2. The third-order valence-electron chi connectivity index (χ3n) is 5.36. The Hall–Kier alpha value is -2.58. The molecule has 7 nitrogen and oxygen atoms in total. The van der Waals surface area contributed by atoms with Crippen LogP contribution in [0.2, 0.25) is 5.02 Å². The summed E-state index contributed by atoms with van der Waals surface area (Å²) in [6.07, 6.45) is 1.42. The number of sulfonamides is 1. The maximum absolute atomic E-state index is 13.5. The van der Waals surface area contributed by atoms with Crippen LogP contribution in [0.25, 0.3) is 0 Å². The number of carbonyl (C=O) groups excluding carboxylic acids is 2. The van der Waals surface area contributed by atoms with Crippen LogP contribution in [0.3, 0.4) is 0 Å². The van der Waals surface area contributed by atoms with Gasteiger partial charge in [0.2, 0.25) is 21.8 Å².